The maximum Gasteiger partial charge on any atom is 0.573 e. The van der Waals surface area contributed by atoms with E-state index in [9.17, 15) is 13.2 Å². The van der Waals surface area contributed by atoms with Gasteiger partial charge in [-0.05, 0) is 51.7 Å². The van der Waals surface area contributed by atoms with Crippen molar-refractivity contribution in [2.24, 2.45) is 0 Å². The molecule has 0 unspecified atom stereocenters. The van der Waals surface area contributed by atoms with Crippen molar-refractivity contribution in [2.75, 3.05) is 0 Å². The van der Waals surface area contributed by atoms with Gasteiger partial charge in [0.2, 0.25) is 0 Å². The summed E-state index contributed by atoms with van der Waals surface area (Å²) in [6.45, 7) is 7.85. The molecule has 1 aromatic rings. The molecule has 0 aromatic heterocycles. The van der Waals surface area contributed by atoms with E-state index in [1.54, 1.807) is 12.1 Å². The van der Waals surface area contributed by atoms with E-state index in [-0.39, 0.29) is 17.5 Å². The second kappa shape index (κ2) is 5.15. The third-order valence-electron chi connectivity index (χ3n) is 5.01. The van der Waals surface area contributed by atoms with Gasteiger partial charge in [0.15, 0.2) is 0 Å². The van der Waals surface area contributed by atoms with Crippen molar-refractivity contribution >= 4 is 7.12 Å². The maximum atomic E-state index is 12.5. The number of halogens is 3. The minimum atomic E-state index is -4.69. The quantitative estimate of drug-likeness (QED) is 0.763. The molecule has 2 aliphatic rings. The van der Waals surface area contributed by atoms with Gasteiger partial charge in [-0.15, -0.1) is 13.2 Å². The van der Waals surface area contributed by atoms with Crippen LogP contribution >= 0.6 is 0 Å². The summed E-state index contributed by atoms with van der Waals surface area (Å²) in [6.07, 6.45) is -3.96. The van der Waals surface area contributed by atoms with Crippen LogP contribution < -0.4 is 4.74 Å². The first-order valence-corrected chi connectivity index (χ1v) is 7.70. The van der Waals surface area contributed by atoms with Crippen molar-refractivity contribution in [1.29, 1.82) is 0 Å². The summed E-state index contributed by atoms with van der Waals surface area (Å²) in [5.74, 6) is -0.124. The van der Waals surface area contributed by atoms with E-state index in [0.29, 0.717) is 5.56 Å². The van der Waals surface area contributed by atoms with Crippen LogP contribution in [0.5, 0.6) is 5.75 Å². The van der Waals surface area contributed by atoms with Crippen LogP contribution in [0.3, 0.4) is 0 Å². The van der Waals surface area contributed by atoms with Crippen LogP contribution in [0.15, 0.2) is 24.3 Å². The largest absolute Gasteiger partial charge is 0.573 e. The van der Waals surface area contributed by atoms with E-state index >= 15 is 0 Å². The fourth-order valence-electron chi connectivity index (χ4n) is 2.94. The molecule has 0 radical (unpaired) electrons. The van der Waals surface area contributed by atoms with Gasteiger partial charge >= 0.3 is 13.5 Å². The monoisotopic (exact) mass is 328 g/mol. The predicted molar refractivity (Wildman–Crippen MR) is 80.3 cm³/mol. The molecule has 1 saturated carbocycles. The number of alkyl halides is 3. The molecule has 0 amide bonds. The van der Waals surface area contributed by atoms with Crippen LogP contribution in [0.25, 0.3) is 0 Å². The first kappa shape index (κ1) is 16.6. The zero-order chi connectivity index (χ0) is 17.0. The minimum absolute atomic E-state index is 0.0387. The molecule has 1 saturated heterocycles. The molecule has 126 valence electrons. The van der Waals surface area contributed by atoms with Crippen LogP contribution in [0.4, 0.5) is 13.2 Å². The molecule has 0 bridgehead atoms. The second-order valence-corrected chi connectivity index (χ2v) is 7.22. The van der Waals surface area contributed by atoms with Crippen molar-refractivity contribution in [3.63, 3.8) is 0 Å². The Kier molecular flexibility index (Phi) is 3.72. The molecule has 1 aromatic carbocycles. The summed E-state index contributed by atoms with van der Waals surface area (Å²) in [5, 5.41) is 0. The third-order valence-corrected chi connectivity index (χ3v) is 5.01. The molecule has 3 rings (SSSR count). The average Bonchev–Trinajstić information content (AvgIpc) is 3.11. The van der Waals surface area contributed by atoms with Crippen molar-refractivity contribution in [3.05, 3.63) is 29.8 Å². The number of hydrogen-bond acceptors (Lipinski definition) is 3. The molecule has 7 heteroatoms. The lowest BCUT2D eigenvalue weighted by Crippen LogP contribution is -2.41. The Morgan fingerprint density at radius 3 is 2.22 bits per heavy atom. The molecule has 1 aliphatic carbocycles. The predicted octanol–water partition coefficient (Wildman–Crippen LogP) is 4.53. The lowest BCUT2D eigenvalue weighted by atomic mass is 9.79. The average molecular weight is 328 g/mol. The van der Waals surface area contributed by atoms with Crippen molar-refractivity contribution in [2.45, 2.75) is 63.4 Å². The van der Waals surface area contributed by atoms with Gasteiger partial charge < -0.3 is 14.0 Å². The minimum Gasteiger partial charge on any atom is -0.405 e. The number of ether oxygens (including phenoxy) is 1. The third kappa shape index (κ3) is 3.22. The van der Waals surface area contributed by atoms with E-state index in [1.807, 2.05) is 27.7 Å². The molecule has 0 N–H and O–H groups in total. The van der Waals surface area contributed by atoms with E-state index < -0.39 is 24.7 Å². The molecule has 1 heterocycles. The van der Waals surface area contributed by atoms with E-state index in [4.69, 9.17) is 9.31 Å². The highest BCUT2D eigenvalue weighted by Crippen LogP contribution is 2.60. The van der Waals surface area contributed by atoms with Crippen LogP contribution in [-0.4, -0.2) is 24.7 Å². The van der Waals surface area contributed by atoms with Gasteiger partial charge in [0.1, 0.15) is 5.75 Å². The van der Waals surface area contributed by atoms with Crippen molar-refractivity contribution in [1.82, 2.24) is 0 Å². The zero-order valence-corrected chi connectivity index (χ0v) is 13.6. The van der Waals surface area contributed by atoms with E-state index in [0.717, 1.165) is 6.42 Å². The lowest BCUT2D eigenvalue weighted by Gasteiger charge is -2.32. The van der Waals surface area contributed by atoms with Gasteiger partial charge in [-0.3, -0.25) is 0 Å². The van der Waals surface area contributed by atoms with Crippen LogP contribution in [0.2, 0.25) is 5.82 Å². The number of rotatable bonds is 3. The fraction of sp³-hybridized carbons (Fsp3) is 0.625. The van der Waals surface area contributed by atoms with Gasteiger partial charge in [-0.1, -0.05) is 18.2 Å². The summed E-state index contributed by atoms with van der Waals surface area (Å²) in [6, 6.07) is 6.29. The summed E-state index contributed by atoms with van der Waals surface area (Å²) >= 11 is 0. The standard InChI is InChI=1S/C16H20BF3O3/c1-14(2)15(3,4)23-17(22-14)12-9-11(12)10-7-5-6-8-13(10)21-16(18,19)20/h5-8,11-12H,9H2,1-4H3/t11-,12-/m1/s1. The summed E-state index contributed by atoms with van der Waals surface area (Å²) in [5.41, 5.74) is -0.316. The SMILES string of the molecule is CC1(C)OB([C@@H]2C[C@@H]2c2ccccc2OC(F)(F)F)OC1(C)C. The molecule has 3 nitrogen and oxygen atoms in total. The highest BCUT2D eigenvalue weighted by molar-refractivity contribution is 6.49. The molecule has 2 fully saturated rings. The highest BCUT2D eigenvalue weighted by atomic mass is 19.4. The number of hydrogen-bond donors (Lipinski definition) is 0. The maximum absolute atomic E-state index is 12.5. The van der Waals surface area contributed by atoms with Crippen molar-refractivity contribution in [3.8, 4) is 5.75 Å². The first-order valence-electron chi connectivity index (χ1n) is 7.70. The van der Waals surface area contributed by atoms with Crippen LogP contribution in [0, 0.1) is 0 Å². The smallest absolute Gasteiger partial charge is 0.405 e. The highest BCUT2D eigenvalue weighted by Gasteiger charge is 2.60. The Hall–Kier alpha value is -1.21. The molecule has 2 atom stereocenters. The Labute approximate surface area is 134 Å². The number of benzene rings is 1. The zero-order valence-electron chi connectivity index (χ0n) is 13.6. The Morgan fingerprint density at radius 2 is 1.65 bits per heavy atom. The fourth-order valence-corrected chi connectivity index (χ4v) is 2.94. The Morgan fingerprint density at radius 1 is 1.09 bits per heavy atom. The normalized spacial score (nSPS) is 28.7. The van der Waals surface area contributed by atoms with E-state index in [2.05, 4.69) is 4.74 Å². The summed E-state index contributed by atoms with van der Waals surface area (Å²) < 4.78 is 53.7. The van der Waals surface area contributed by atoms with Gasteiger partial charge in [-0.25, -0.2) is 0 Å². The summed E-state index contributed by atoms with van der Waals surface area (Å²) in [4.78, 5) is 0. The Bertz CT molecular complexity index is 584. The second-order valence-electron chi connectivity index (χ2n) is 7.22. The molecular formula is C16H20BF3O3. The van der Waals surface area contributed by atoms with Crippen molar-refractivity contribution < 1.29 is 27.2 Å². The first-order chi connectivity index (χ1) is 10.5. The van der Waals surface area contributed by atoms with Crippen LogP contribution in [0.1, 0.15) is 45.6 Å². The van der Waals surface area contributed by atoms with E-state index in [1.165, 1.54) is 12.1 Å². The molecule has 0 spiro atoms. The lowest BCUT2D eigenvalue weighted by molar-refractivity contribution is -0.274. The molecule has 1 aliphatic heterocycles. The summed E-state index contributed by atoms with van der Waals surface area (Å²) in [7, 11) is -0.399. The Balaban J connectivity index is 1.75. The van der Waals surface area contributed by atoms with Gasteiger partial charge in [-0.2, -0.15) is 0 Å². The van der Waals surface area contributed by atoms with Gasteiger partial charge in [0.05, 0.1) is 11.2 Å². The molecular weight excluding hydrogens is 308 g/mol. The molecule has 23 heavy (non-hydrogen) atoms. The van der Waals surface area contributed by atoms with Gasteiger partial charge in [0, 0.05) is 5.82 Å². The van der Waals surface area contributed by atoms with Crippen LogP contribution in [-0.2, 0) is 9.31 Å². The number of para-hydroxylation sites is 1. The topological polar surface area (TPSA) is 27.7 Å². The van der Waals surface area contributed by atoms with Gasteiger partial charge in [0.25, 0.3) is 0 Å².